The summed E-state index contributed by atoms with van der Waals surface area (Å²) in [6.45, 7) is -0.420. The highest BCUT2D eigenvalue weighted by Gasteiger charge is 2.51. The molecule has 0 spiro atoms. The van der Waals surface area contributed by atoms with Gasteiger partial charge in [-0.2, -0.15) is 0 Å². The van der Waals surface area contributed by atoms with Gasteiger partial charge in [0.15, 0.2) is 24.5 Å². The van der Waals surface area contributed by atoms with Crippen LogP contribution in [0.4, 0.5) is 10.6 Å². The van der Waals surface area contributed by atoms with Gasteiger partial charge in [-0.15, -0.1) is 0 Å². The minimum absolute atomic E-state index is 0.0480. The van der Waals surface area contributed by atoms with Crippen LogP contribution in [0.3, 0.4) is 0 Å². The quantitative estimate of drug-likeness (QED) is 0.112. The van der Waals surface area contributed by atoms with Gasteiger partial charge in [0, 0.05) is 36.0 Å². The molecule has 0 bridgehead atoms. The van der Waals surface area contributed by atoms with E-state index in [4.69, 9.17) is 28.4 Å². The summed E-state index contributed by atoms with van der Waals surface area (Å²) in [6.07, 6.45) is -5.61. The summed E-state index contributed by atoms with van der Waals surface area (Å²) in [4.78, 5) is 70.0. The number of carbonyl (C=O) groups is 4. The second-order valence-corrected chi connectivity index (χ2v) is 13.5. The molecule has 292 valence electrons. The molecule has 0 saturated carbocycles. The molecule has 2 aliphatic carbocycles. The first-order valence-electron chi connectivity index (χ1n) is 17.0. The fourth-order valence-corrected chi connectivity index (χ4v) is 7.73. The van der Waals surface area contributed by atoms with E-state index >= 15 is 0 Å². The SMILES string of the molecule is COc1cccc2c1C(=O)c1c(O)c3c(c(O)c1C2=O)C[C@@](O)(C(=O)CO)C[C@@H]3O[C@H]1C[C@H]2[C@H](OCOCN2C(=O)OCc2ncc([N+](=O)[O-])n2C)[C@H](C)O1. The van der Waals surface area contributed by atoms with Gasteiger partial charge in [-0.25, -0.2) is 14.3 Å². The van der Waals surface area contributed by atoms with Crippen molar-refractivity contribution in [3.05, 3.63) is 73.7 Å². The van der Waals surface area contributed by atoms with Crippen molar-refractivity contribution < 1.29 is 72.9 Å². The van der Waals surface area contributed by atoms with Crippen LogP contribution < -0.4 is 4.74 Å². The Labute approximate surface area is 310 Å². The maximum atomic E-state index is 14.0. The third-order valence-electron chi connectivity index (χ3n) is 10.5. The molecule has 20 nitrogen and oxygen atoms in total. The third-order valence-corrected chi connectivity index (χ3v) is 10.5. The average molecular weight is 769 g/mol. The number of carbonyl (C=O) groups excluding carboxylic acids is 4. The van der Waals surface area contributed by atoms with E-state index in [1.54, 1.807) is 6.92 Å². The number of fused-ring (bicyclic) bond motifs is 4. The Bertz CT molecular complexity index is 2120. The number of hydrogen-bond donors (Lipinski definition) is 4. The average Bonchev–Trinajstić information content (AvgIpc) is 3.39. The number of amides is 1. The lowest BCUT2D eigenvalue weighted by atomic mass is 9.72. The van der Waals surface area contributed by atoms with Crippen molar-refractivity contribution in [3.8, 4) is 17.2 Å². The number of ether oxygens (including phenoxy) is 6. The Balaban J connectivity index is 1.22. The molecule has 7 rings (SSSR count). The van der Waals surface area contributed by atoms with Crippen molar-refractivity contribution in [2.75, 3.05) is 27.2 Å². The van der Waals surface area contributed by atoms with Gasteiger partial charge in [0.05, 0.1) is 49.1 Å². The molecule has 2 saturated heterocycles. The number of nitro groups is 1. The lowest BCUT2D eigenvalue weighted by Gasteiger charge is -2.44. The number of aliphatic hydroxyl groups excluding tert-OH is 1. The van der Waals surface area contributed by atoms with Crippen LogP contribution in [0.2, 0.25) is 0 Å². The molecule has 55 heavy (non-hydrogen) atoms. The van der Waals surface area contributed by atoms with E-state index in [0.717, 1.165) is 10.8 Å². The molecular weight excluding hydrogens is 732 g/mol. The van der Waals surface area contributed by atoms with E-state index in [2.05, 4.69) is 4.98 Å². The molecule has 0 radical (unpaired) electrons. The van der Waals surface area contributed by atoms with E-state index < -0.39 is 113 Å². The number of benzene rings is 2. The number of ketones is 3. The molecule has 3 heterocycles. The van der Waals surface area contributed by atoms with Crippen molar-refractivity contribution in [1.82, 2.24) is 14.5 Å². The van der Waals surface area contributed by atoms with E-state index in [-0.39, 0.29) is 59.6 Å². The predicted octanol–water partition coefficient (Wildman–Crippen LogP) is 1.29. The number of hydrogen-bond acceptors (Lipinski definition) is 17. The zero-order chi connectivity index (χ0) is 39.5. The number of methoxy groups -OCH3 is 1. The zero-order valence-electron chi connectivity index (χ0n) is 29.6. The number of nitrogens with zero attached hydrogens (tertiary/aromatic N) is 4. The van der Waals surface area contributed by atoms with Crippen molar-refractivity contribution >= 4 is 29.3 Å². The molecule has 4 aliphatic rings. The molecular formula is C35H36N4O16. The standard InChI is InChI=1S/C35H36N4O16/c1-15-33-18(38(13-51-14-53-33)34(46)52-12-22-36-10-23(37(22)2)39(48)49)7-24(54-15)55-20-9-35(47,21(41)11-40)8-17-26(20)32(45)28-27(30(17)43)29(42)16-5-4-6-19(50-3)25(16)31(28)44/h4-6,10,15,18,20,24,33,40,43,45,47H,7-9,11-14H2,1-3H3/t15-,18-,20-,24-,33+,35-/m0/s1. The third kappa shape index (κ3) is 6.25. The number of aromatic hydroxyl groups is 2. The molecule has 1 aromatic heterocycles. The highest BCUT2D eigenvalue weighted by atomic mass is 16.7. The maximum absolute atomic E-state index is 14.0. The van der Waals surface area contributed by atoms with Crippen molar-refractivity contribution in [1.29, 1.82) is 0 Å². The van der Waals surface area contributed by atoms with Gasteiger partial charge in [0.25, 0.3) is 0 Å². The highest BCUT2D eigenvalue weighted by Crippen LogP contribution is 2.52. The Morgan fingerprint density at radius 1 is 1.15 bits per heavy atom. The first-order chi connectivity index (χ1) is 26.2. The topological polar surface area (TPSA) is 269 Å². The number of imidazole rings is 1. The molecule has 1 amide bonds. The summed E-state index contributed by atoms with van der Waals surface area (Å²) in [5, 5.41) is 56.1. The Kier molecular flexibility index (Phi) is 9.82. The molecule has 3 aromatic rings. The fourth-order valence-electron chi connectivity index (χ4n) is 7.73. The van der Waals surface area contributed by atoms with Crippen LogP contribution in [-0.2, 0) is 48.6 Å². The van der Waals surface area contributed by atoms with Crippen LogP contribution in [0.15, 0.2) is 24.4 Å². The second-order valence-electron chi connectivity index (χ2n) is 13.5. The van der Waals surface area contributed by atoms with Crippen LogP contribution in [0.1, 0.15) is 74.7 Å². The van der Waals surface area contributed by atoms with E-state index in [9.17, 15) is 49.7 Å². The summed E-state index contributed by atoms with van der Waals surface area (Å²) in [5.41, 5.74) is -4.17. The van der Waals surface area contributed by atoms with Gasteiger partial charge in [0.1, 0.15) is 55.3 Å². The van der Waals surface area contributed by atoms with Crippen molar-refractivity contribution in [2.45, 2.75) is 69.0 Å². The number of phenols is 2. The summed E-state index contributed by atoms with van der Waals surface area (Å²) >= 11 is 0. The number of aliphatic hydroxyl groups is 2. The van der Waals surface area contributed by atoms with Crippen molar-refractivity contribution in [3.63, 3.8) is 0 Å². The highest BCUT2D eigenvalue weighted by molar-refractivity contribution is 6.31. The lowest BCUT2D eigenvalue weighted by molar-refractivity contribution is -0.391. The Hall–Kier alpha value is -5.51. The Morgan fingerprint density at radius 2 is 1.89 bits per heavy atom. The van der Waals surface area contributed by atoms with Gasteiger partial charge >= 0.3 is 11.9 Å². The number of phenolic OH excluding ortho intramolecular Hbond substituents is 2. The van der Waals surface area contributed by atoms with Crippen molar-refractivity contribution in [2.24, 2.45) is 7.05 Å². The minimum atomic E-state index is -2.37. The number of aromatic nitrogens is 2. The first kappa shape index (κ1) is 37.8. The molecule has 2 aliphatic heterocycles. The summed E-state index contributed by atoms with van der Waals surface area (Å²) in [6, 6.07) is 3.43. The molecule has 2 fully saturated rings. The molecule has 4 N–H and O–H groups in total. The van der Waals surface area contributed by atoms with Crippen LogP contribution in [-0.4, -0.2) is 121 Å². The smallest absolute Gasteiger partial charge is 0.412 e. The largest absolute Gasteiger partial charge is 0.507 e. The predicted molar refractivity (Wildman–Crippen MR) is 179 cm³/mol. The number of Topliss-reactive ketones (excluding diaryl/α,β-unsaturated/α-hetero) is 1. The Morgan fingerprint density at radius 3 is 2.58 bits per heavy atom. The summed E-state index contributed by atoms with van der Waals surface area (Å²) in [7, 11) is 2.69. The van der Waals surface area contributed by atoms with Gasteiger partial charge in [0.2, 0.25) is 11.6 Å². The summed E-state index contributed by atoms with van der Waals surface area (Å²) < 4.78 is 35.7. The van der Waals surface area contributed by atoms with Gasteiger partial charge in [-0.3, -0.25) is 19.3 Å². The van der Waals surface area contributed by atoms with Crippen LogP contribution in [0.25, 0.3) is 0 Å². The second kappa shape index (κ2) is 14.3. The fraction of sp³-hybridized carbons (Fsp3) is 0.457. The van der Waals surface area contributed by atoms with E-state index in [1.807, 2.05) is 0 Å². The normalized spacial score (nSPS) is 25.9. The minimum Gasteiger partial charge on any atom is -0.507 e. The van der Waals surface area contributed by atoms with Gasteiger partial charge < -0.3 is 59.0 Å². The summed E-state index contributed by atoms with van der Waals surface area (Å²) in [5.74, 6) is -4.38. The van der Waals surface area contributed by atoms with Crippen LogP contribution in [0.5, 0.6) is 17.2 Å². The van der Waals surface area contributed by atoms with E-state index in [0.29, 0.717) is 0 Å². The molecule has 0 unspecified atom stereocenters. The zero-order valence-corrected chi connectivity index (χ0v) is 29.6. The first-order valence-corrected chi connectivity index (χ1v) is 17.0. The number of rotatable bonds is 8. The molecule has 6 atom stereocenters. The monoisotopic (exact) mass is 768 g/mol. The van der Waals surface area contributed by atoms with Crippen LogP contribution >= 0.6 is 0 Å². The molecule has 2 aromatic carbocycles. The maximum Gasteiger partial charge on any atom is 0.412 e. The van der Waals surface area contributed by atoms with Gasteiger partial charge in [-0.05, 0) is 17.9 Å². The lowest BCUT2D eigenvalue weighted by Crippen LogP contribution is -2.57. The molecule has 20 heteroatoms. The van der Waals surface area contributed by atoms with Gasteiger partial charge in [-0.1, -0.05) is 12.1 Å². The van der Waals surface area contributed by atoms with Crippen LogP contribution in [0, 0.1) is 10.1 Å². The van der Waals surface area contributed by atoms with E-state index in [1.165, 1.54) is 37.3 Å².